The van der Waals surface area contributed by atoms with Gasteiger partial charge in [-0.1, -0.05) is 5.92 Å². The molecule has 1 aliphatic heterocycles. The summed E-state index contributed by atoms with van der Waals surface area (Å²) in [4.78, 5) is 32.5. The minimum absolute atomic E-state index is 0.00805. The average molecular weight is 557 g/mol. The molecular formula is C27H24F4N6O3. The van der Waals surface area contributed by atoms with Crippen molar-refractivity contribution in [3.63, 3.8) is 0 Å². The van der Waals surface area contributed by atoms with Gasteiger partial charge in [-0.25, -0.2) is 14.2 Å². The number of amides is 3. The molecule has 1 aliphatic rings. The number of nitrogens with one attached hydrogen (secondary N) is 1. The SMILES string of the molecule is Cc1cc(C(F)(F)F)cc(N2C(=O)NC[C@H]2C(=O)N(CC#Cc2ccc(C(C)(C)O)nn2)c2ccc(F)cc2)n1. The lowest BCUT2D eigenvalue weighted by molar-refractivity contribution is -0.137. The van der Waals surface area contributed by atoms with E-state index in [4.69, 9.17) is 0 Å². The maximum atomic E-state index is 13.7. The number of nitrogens with zero attached hydrogens (tertiary/aromatic N) is 5. The molecule has 0 unspecified atom stereocenters. The fourth-order valence-corrected chi connectivity index (χ4v) is 3.93. The zero-order chi connectivity index (χ0) is 29.2. The summed E-state index contributed by atoms with van der Waals surface area (Å²) in [6.45, 7) is 4.02. The van der Waals surface area contributed by atoms with Crippen LogP contribution in [-0.4, -0.2) is 51.4 Å². The van der Waals surface area contributed by atoms with Gasteiger partial charge in [0.15, 0.2) is 0 Å². The first kappa shape index (κ1) is 28.4. The number of aryl methyl sites for hydroxylation is 1. The molecule has 1 atom stereocenters. The van der Waals surface area contributed by atoms with Gasteiger partial charge >= 0.3 is 12.2 Å². The molecule has 4 rings (SSSR count). The van der Waals surface area contributed by atoms with E-state index in [-0.39, 0.29) is 36.0 Å². The number of pyridine rings is 1. The first-order valence-corrected chi connectivity index (χ1v) is 12.0. The van der Waals surface area contributed by atoms with Crippen LogP contribution >= 0.6 is 0 Å². The summed E-state index contributed by atoms with van der Waals surface area (Å²) >= 11 is 0. The van der Waals surface area contributed by atoms with Crippen LogP contribution in [0.1, 0.15) is 36.5 Å². The van der Waals surface area contributed by atoms with Crippen molar-refractivity contribution in [3.05, 3.63) is 77.0 Å². The van der Waals surface area contributed by atoms with Crippen molar-refractivity contribution >= 4 is 23.4 Å². The standard InChI is InChI=1S/C27H24F4N6O3/c1-16-13-17(27(29,30)31)14-23(33-16)37-21(15-32-25(37)39)24(38)36(20-9-6-18(28)7-10-20)12-4-5-19-8-11-22(35-34-19)26(2,3)40/h6-11,13-14,21,40H,12,15H2,1-3H3,(H,32,39)/t21-/m0/s1. The van der Waals surface area contributed by atoms with Crippen LogP contribution < -0.4 is 15.1 Å². The number of carbonyl (C=O) groups is 2. The minimum atomic E-state index is -4.69. The van der Waals surface area contributed by atoms with Gasteiger partial charge in [-0.15, -0.1) is 5.10 Å². The van der Waals surface area contributed by atoms with Crippen LogP contribution in [0, 0.1) is 24.6 Å². The minimum Gasteiger partial charge on any atom is -0.384 e. The number of anilines is 2. The second-order valence-electron chi connectivity index (χ2n) is 9.49. The fourth-order valence-electron chi connectivity index (χ4n) is 3.93. The van der Waals surface area contributed by atoms with E-state index in [1.807, 2.05) is 0 Å². The molecule has 3 heterocycles. The highest BCUT2D eigenvalue weighted by atomic mass is 19.4. The number of aromatic nitrogens is 3. The van der Waals surface area contributed by atoms with Crippen LogP contribution in [0.5, 0.6) is 0 Å². The molecule has 9 nitrogen and oxygen atoms in total. The predicted octanol–water partition coefficient (Wildman–Crippen LogP) is 3.55. The van der Waals surface area contributed by atoms with Crippen LogP contribution in [0.2, 0.25) is 0 Å². The summed E-state index contributed by atoms with van der Waals surface area (Å²) in [5, 5.41) is 20.4. The Bertz CT molecular complexity index is 1480. The lowest BCUT2D eigenvalue weighted by atomic mass is 10.1. The molecule has 40 heavy (non-hydrogen) atoms. The molecule has 3 amide bonds. The number of rotatable bonds is 5. The van der Waals surface area contributed by atoms with E-state index in [1.54, 1.807) is 26.0 Å². The Balaban J connectivity index is 1.66. The number of urea groups is 1. The van der Waals surface area contributed by atoms with E-state index in [0.717, 1.165) is 23.1 Å². The van der Waals surface area contributed by atoms with Crippen molar-refractivity contribution in [1.29, 1.82) is 0 Å². The van der Waals surface area contributed by atoms with Gasteiger partial charge in [0.05, 0.1) is 17.8 Å². The van der Waals surface area contributed by atoms with Gasteiger partial charge in [-0.05, 0) is 75.2 Å². The van der Waals surface area contributed by atoms with Gasteiger partial charge in [-0.2, -0.15) is 18.3 Å². The molecule has 0 aliphatic carbocycles. The Kier molecular flexibility index (Phi) is 7.75. The van der Waals surface area contributed by atoms with Gasteiger partial charge in [0.25, 0.3) is 5.91 Å². The molecule has 0 saturated carbocycles. The Morgan fingerprint density at radius 3 is 2.45 bits per heavy atom. The number of hydrogen-bond donors (Lipinski definition) is 2. The fraction of sp³-hybridized carbons (Fsp3) is 0.296. The third-order valence-electron chi connectivity index (χ3n) is 5.93. The van der Waals surface area contributed by atoms with Gasteiger partial charge in [0, 0.05) is 17.9 Å². The number of benzene rings is 1. The van der Waals surface area contributed by atoms with Crippen molar-refractivity contribution in [2.24, 2.45) is 0 Å². The Morgan fingerprint density at radius 2 is 1.85 bits per heavy atom. The molecule has 1 saturated heterocycles. The molecule has 0 radical (unpaired) electrons. The third-order valence-corrected chi connectivity index (χ3v) is 5.93. The van der Waals surface area contributed by atoms with E-state index < -0.39 is 41.1 Å². The lowest BCUT2D eigenvalue weighted by Crippen LogP contribution is -2.48. The maximum Gasteiger partial charge on any atom is 0.416 e. The normalized spacial score (nSPS) is 15.3. The molecule has 2 aromatic heterocycles. The van der Waals surface area contributed by atoms with Crippen LogP contribution in [0.15, 0.2) is 48.5 Å². The number of halogens is 4. The molecule has 1 aromatic carbocycles. The van der Waals surface area contributed by atoms with Crippen molar-refractivity contribution < 1.29 is 32.3 Å². The summed E-state index contributed by atoms with van der Waals surface area (Å²) in [7, 11) is 0. The van der Waals surface area contributed by atoms with Gasteiger partial charge in [0.1, 0.15) is 29.0 Å². The van der Waals surface area contributed by atoms with E-state index in [2.05, 4.69) is 32.3 Å². The number of alkyl halides is 3. The molecule has 3 aromatic rings. The number of aliphatic hydroxyl groups is 1. The summed E-state index contributed by atoms with van der Waals surface area (Å²) in [6.07, 6.45) is -4.69. The smallest absolute Gasteiger partial charge is 0.384 e. The second kappa shape index (κ2) is 10.9. The van der Waals surface area contributed by atoms with E-state index >= 15 is 0 Å². The van der Waals surface area contributed by atoms with E-state index in [1.165, 1.54) is 24.0 Å². The van der Waals surface area contributed by atoms with Gasteiger partial charge in [0.2, 0.25) is 0 Å². The number of carbonyl (C=O) groups excluding carboxylic acids is 2. The average Bonchev–Trinajstić information content (AvgIpc) is 3.27. The van der Waals surface area contributed by atoms with Crippen LogP contribution in [-0.2, 0) is 16.6 Å². The highest BCUT2D eigenvalue weighted by Gasteiger charge is 2.41. The summed E-state index contributed by atoms with van der Waals surface area (Å²) in [5.74, 6) is 3.98. The van der Waals surface area contributed by atoms with Crippen molar-refractivity contribution in [2.75, 3.05) is 22.9 Å². The predicted molar refractivity (Wildman–Crippen MR) is 137 cm³/mol. The molecular weight excluding hydrogens is 532 g/mol. The first-order chi connectivity index (χ1) is 18.7. The lowest BCUT2D eigenvalue weighted by Gasteiger charge is -2.28. The highest BCUT2D eigenvalue weighted by molar-refractivity contribution is 6.08. The second-order valence-corrected chi connectivity index (χ2v) is 9.49. The van der Waals surface area contributed by atoms with Gasteiger partial charge in [-0.3, -0.25) is 14.6 Å². The molecule has 1 fully saturated rings. The van der Waals surface area contributed by atoms with Gasteiger partial charge < -0.3 is 10.4 Å². The summed E-state index contributed by atoms with van der Waals surface area (Å²) in [6, 6.07) is 7.54. The largest absolute Gasteiger partial charge is 0.416 e. The Hall–Kier alpha value is -4.57. The molecule has 2 N–H and O–H groups in total. The Morgan fingerprint density at radius 1 is 1.15 bits per heavy atom. The van der Waals surface area contributed by atoms with Crippen molar-refractivity contribution in [3.8, 4) is 11.8 Å². The van der Waals surface area contributed by atoms with Crippen LogP contribution in [0.4, 0.5) is 33.9 Å². The summed E-state index contributed by atoms with van der Waals surface area (Å²) in [5.41, 5.74) is -1.37. The van der Waals surface area contributed by atoms with Crippen molar-refractivity contribution in [2.45, 2.75) is 38.6 Å². The molecule has 0 spiro atoms. The van der Waals surface area contributed by atoms with E-state index in [0.29, 0.717) is 11.8 Å². The molecule has 208 valence electrons. The van der Waals surface area contributed by atoms with E-state index in [9.17, 15) is 32.3 Å². The molecule has 13 heteroatoms. The quantitative estimate of drug-likeness (QED) is 0.367. The molecule has 0 bridgehead atoms. The highest BCUT2D eigenvalue weighted by Crippen LogP contribution is 2.33. The van der Waals surface area contributed by atoms with Crippen molar-refractivity contribution in [1.82, 2.24) is 20.5 Å². The van der Waals surface area contributed by atoms with Crippen LogP contribution in [0.25, 0.3) is 0 Å². The van der Waals surface area contributed by atoms with Crippen LogP contribution in [0.3, 0.4) is 0 Å². The zero-order valence-electron chi connectivity index (χ0n) is 21.6. The number of hydrogen-bond acceptors (Lipinski definition) is 6. The topological polar surface area (TPSA) is 112 Å². The first-order valence-electron chi connectivity index (χ1n) is 12.0. The zero-order valence-corrected chi connectivity index (χ0v) is 21.6. The monoisotopic (exact) mass is 556 g/mol. The Labute approximate surface area is 226 Å². The summed E-state index contributed by atoms with van der Waals surface area (Å²) < 4.78 is 53.9. The maximum absolute atomic E-state index is 13.7. The third kappa shape index (κ3) is 6.35.